The Balaban J connectivity index is 1.96. The Morgan fingerprint density at radius 2 is 2.15 bits per heavy atom. The van der Waals surface area contributed by atoms with Crippen LogP contribution in [0.5, 0.6) is 0 Å². The number of aromatic nitrogens is 2. The van der Waals surface area contributed by atoms with Crippen molar-refractivity contribution in [3.8, 4) is 0 Å². The van der Waals surface area contributed by atoms with Crippen molar-refractivity contribution < 1.29 is 0 Å². The van der Waals surface area contributed by atoms with E-state index in [0.29, 0.717) is 0 Å². The van der Waals surface area contributed by atoms with Gasteiger partial charge in [-0.3, -0.25) is 0 Å². The van der Waals surface area contributed by atoms with Crippen LogP contribution in [0.1, 0.15) is 52.3 Å². The van der Waals surface area contributed by atoms with E-state index < -0.39 is 0 Å². The molecule has 0 aromatic carbocycles. The minimum atomic E-state index is 0.802. The molecule has 2 rings (SSSR count). The van der Waals surface area contributed by atoms with Gasteiger partial charge < -0.3 is 9.88 Å². The van der Waals surface area contributed by atoms with Crippen molar-refractivity contribution in [3.05, 3.63) is 18.2 Å². The topological polar surface area (TPSA) is 29.9 Å². The van der Waals surface area contributed by atoms with E-state index in [4.69, 9.17) is 0 Å². The molecule has 1 saturated carbocycles. The first-order chi connectivity index (χ1) is 9.74. The summed E-state index contributed by atoms with van der Waals surface area (Å²) < 4.78 is 2.30. The molecule has 3 unspecified atom stereocenters. The van der Waals surface area contributed by atoms with Crippen molar-refractivity contribution in [2.24, 2.45) is 17.8 Å². The summed E-state index contributed by atoms with van der Waals surface area (Å²) in [6.07, 6.45) is 10.6. The molecule has 114 valence electrons. The number of rotatable bonds is 7. The van der Waals surface area contributed by atoms with Gasteiger partial charge in [0.15, 0.2) is 0 Å². The summed E-state index contributed by atoms with van der Waals surface area (Å²) in [7, 11) is 0. The highest BCUT2D eigenvalue weighted by Crippen LogP contribution is 2.35. The third kappa shape index (κ3) is 4.08. The zero-order valence-corrected chi connectivity index (χ0v) is 13.4. The molecule has 1 aromatic heterocycles. The highest BCUT2D eigenvalue weighted by atomic mass is 15.1. The molecule has 1 aromatic rings. The van der Waals surface area contributed by atoms with Gasteiger partial charge >= 0.3 is 0 Å². The zero-order valence-electron chi connectivity index (χ0n) is 13.4. The van der Waals surface area contributed by atoms with E-state index in [1.54, 1.807) is 0 Å². The van der Waals surface area contributed by atoms with Crippen molar-refractivity contribution >= 4 is 0 Å². The fraction of sp³-hybridized carbons (Fsp3) is 0.824. The van der Waals surface area contributed by atoms with Gasteiger partial charge in [0.25, 0.3) is 0 Å². The average molecular weight is 277 g/mol. The van der Waals surface area contributed by atoms with Crippen LogP contribution in [-0.4, -0.2) is 22.6 Å². The summed E-state index contributed by atoms with van der Waals surface area (Å²) >= 11 is 0. The lowest BCUT2D eigenvalue weighted by atomic mass is 9.73. The van der Waals surface area contributed by atoms with Crippen LogP contribution < -0.4 is 5.32 Å². The van der Waals surface area contributed by atoms with Crippen LogP contribution in [0.4, 0.5) is 0 Å². The van der Waals surface area contributed by atoms with E-state index in [1.807, 2.05) is 6.20 Å². The van der Waals surface area contributed by atoms with E-state index in [1.165, 1.54) is 38.1 Å². The van der Waals surface area contributed by atoms with Crippen molar-refractivity contribution in [2.75, 3.05) is 13.1 Å². The number of imidazole rings is 1. The molecule has 1 heterocycles. The molecule has 1 N–H and O–H groups in total. The Morgan fingerprint density at radius 3 is 2.90 bits per heavy atom. The largest absolute Gasteiger partial charge is 0.335 e. The Bertz CT molecular complexity index is 385. The van der Waals surface area contributed by atoms with Gasteiger partial charge in [0.2, 0.25) is 0 Å². The van der Waals surface area contributed by atoms with Gasteiger partial charge in [0, 0.05) is 25.4 Å². The number of hydrogen-bond donors (Lipinski definition) is 1. The average Bonchev–Trinajstić information content (AvgIpc) is 2.88. The van der Waals surface area contributed by atoms with E-state index in [9.17, 15) is 0 Å². The van der Waals surface area contributed by atoms with E-state index in [2.05, 4.69) is 41.8 Å². The Kier molecular flexibility index (Phi) is 6.08. The second-order valence-electron chi connectivity index (χ2n) is 6.48. The van der Waals surface area contributed by atoms with Crippen molar-refractivity contribution in [3.63, 3.8) is 0 Å². The third-order valence-corrected chi connectivity index (χ3v) is 4.82. The molecule has 0 aliphatic heterocycles. The summed E-state index contributed by atoms with van der Waals surface area (Å²) in [6.45, 7) is 10.2. The number of hydrogen-bond acceptors (Lipinski definition) is 2. The third-order valence-electron chi connectivity index (χ3n) is 4.82. The quantitative estimate of drug-likeness (QED) is 0.773. The first kappa shape index (κ1) is 15.6. The molecule has 3 heteroatoms. The lowest BCUT2D eigenvalue weighted by molar-refractivity contribution is 0.180. The standard InChI is InChI=1S/C17H31N3/c1-4-8-18-13-15-7-6-14(3)11-16(15)12-17-19-9-10-20(17)5-2/h9-10,14-16,18H,4-8,11-13H2,1-3H3. The maximum absolute atomic E-state index is 4.58. The molecule has 3 atom stereocenters. The Hall–Kier alpha value is -0.830. The fourth-order valence-electron chi connectivity index (χ4n) is 3.60. The highest BCUT2D eigenvalue weighted by molar-refractivity contribution is 4.96. The summed E-state index contributed by atoms with van der Waals surface area (Å²) in [5, 5.41) is 3.63. The smallest absolute Gasteiger partial charge is 0.108 e. The molecule has 3 nitrogen and oxygen atoms in total. The molecular formula is C17H31N3. The molecule has 0 spiro atoms. The van der Waals surface area contributed by atoms with Crippen LogP contribution in [0.25, 0.3) is 0 Å². The molecule has 20 heavy (non-hydrogen) atoms. The normalized spacial score (nSPS) is 26.9. The first-order valence-corrected chi connectivity index (χ1v) is 8.45. The molecule has 0 radical (unpaired) electrons. The first-order valence-electron chi connectivity index (χ1n) is 8.45. The minimum Gasteiger partial charge on any atom is -0.335 e. The van der Waals surface area contributed by atoms with Gasteiger partial charge in [-0.15, -0.1) is 0 Å². The van der Waals surface area contributed by atoms with E-state index in [0.717, 1.165) is 37.3 Å². The Morgan fingerprint density at radius 1 is 1.30 bits per heavy atom. The molecule has 0 amide bonds. The molecule has 0 bridgehead atoms. The lowest BCUT2D eigenvalue weighted by Crippen LogP contribution is -2.34. The van der Waals surface area contributed by atoms with Crippen LogP contribution in [0, 0.1) is 17.8 Å². The van der Waals surface area contributed by atoms with Crippen LogP contribution in [0.2, 0.25) is 0 Å². The monoisotopic (exact) mass is 277 g/mol. The second-order valence-corrected chi connectivity index (χ2v) is 6.48. The minimum absolute atomic E-state index is 0.802. The number of nitrogens with one attached hydrogen (secondary N) is 1. The molecular weight excluding hydrogens is 246 g/mol. The van der Waals surface area contributed by atoms with Gasteiger partial charge in [-0.1, -0.05) is 20.3 Å². The van der Waals surface area contributed by atoms with Crippen LogP contribution in [0.15, 0.2) is 12.4 Å². The highest BCUT2D eigenvalue weighted by Gasteiger charge is 2.29. The van der Waals surface area contributed by atoms with Crippen LogP contribution in [-0.2, 0) is 13.0 Å². The maximum atomic E-state index is 4.58. The van der Waals surface area contributed by atoms with E-state index >= 15 is 0 Å². The van der Waals surface area contributed by atoms with Crippen molar-refractivity contribution in [2.45, 2.75) is 59.4 Å². The SMILES string of the molecule is CCCNCC1CCC(C)CC1Cc1nccn1CC. The van der Waals surface area contributed by atoms with Crippen LogP contribution in [0.3, 0.4) is 0 Å². The Labute approximate surface area is 124 Å². The summed E-state index contributed by atoms with van der Waals surface area (Å²) in [5.41, 5.74) is 0. The van der Waals surface area contributed by atoms with Gasteiger partial charge in [0.1, 0.15) is 5.82 Å². The van der Waals surface area contributed by atoms with Crippen molar-refractivity contribution in [1.82, 2.24) is 14.9 Å². The molecule has 1 aliphatic carbocycles. The van der Waals surface area contributed by atoms with Crippen molar-refractivity contribution in [1.29, 1.82) is 0 Å². The predicted octanol–water partition coefficient (Wildman–Crippen LogP) is 3.50. The lowest BCUT2D eigenvalue weighted by Gasteiger charge is -2.35. The molecule has 1 fully saturated rings. The molecule has 0 saturated heterocycles. The summed E-state index contributed by atoms with van der Waals surface area (Å²) in [5.74, 6) is 3.80. The van der Waals surface area contributed by atoms with E-state index in [-0.39, 0.29) is 0 Å². The number of aryl methyl sites for hydroxylation is 1. The summed E-state index contributed by atoms with van der Waals surface area (Å²) in [4.78, 5) is 4.58. The molecule has 1 aliphatic rings. The second kappa shape index (κ2) is 7.82. The fourth-order valence-corrected chi connectivity index (χ4v) is 3.60. The zero-order chi connectivity index (χ0) is 14.4. The maximum Gasteiger partial charge on any atom is 0.108 e. The predicted molar refractivity (Wildman–Crippen MR) is 84.8 cm³/mol. The van der Waals surface area contributed by atoms with Crippen LogP contribution >= 0.6 is 0 Å². The van der Waals surface area contributed by atoms with Gasteiger partial charge in [0.05, 0.1) is 0 Å². The van der Waals surface area contributed by atoms with Gasteiger partial charge in [-0.05, 0) is 57.0 Å². The van der Waals surface area contributed by atoms with Gasteiger partial charge in [-0.25, -0.2) is 4.98 Å². The van der Waals surface area contributed by atoms with Gasteiger partial charge in [-0.2, -0.15) is 0 Å². The number of nitrogens with zero attached hydrogens (tertiary/aromatic N) is 2. The summed E-state index contributed by atoms with van der Waals surface area (Å²) in [6, 6.07) is 0.